The maximum Gasteiger partial charge on any atom is 0.308 e. The summed E-state index contributed by atoms with van der Waals surface area (Å²) >= 11 is 0. The molecule has 2 N–H and O–H groups in total. The summed E-state index contributed by atoms with van der Waals surface area (Å²) in [5, 5.41) is 0. The van der Waals surface area contributed by atoms with Crippen molar-refractivity contribution in [1.29, 1.82) is 0 Å². The van der Waals surface area contributed by atoms with Gasteiger partial charge < -0.3 is 10.5 Å². The number of likely N-dealkylation sites (tertiary alicyclic amines) is 1. The largest absolute Gasteiger partial charge is 0.466 e. The quantitative estimate of drug-likeness (QED) is 0.592. The predicted molar refractivity (Wildman–Crippen MR) is 102 cm³/mol. The van der Waals surface area contributed by atoms with Gasteiger partial charge in [-0.1, -0.05) is 20.3 Å². The van der Waals surface area contributed by atoms with Gasteiger partial charge in [0.15, 0.2) is 0 Å². The van der Waals surface area contributed by atoms with Crippen LogP contribution in [0.3, 0.4) is 0 Å². The van der Waals surface area contributed by atoms with E-state index in [4.69, 9.17) is 17.0 Å². The van der Waals surface area contributed by atoms with Gasteiger partial charge in [-0.3, -0.25) is 19.3 Å². The van der Waals surface area contributed by atoms with Crippen LogP contribution in [0.25, 0.3) is 4.85 Å². The minimum atomic E-state index is -0.436. The first kappa shape index (κ1) is 20.1. The lowest BCUT2D eigenvalue weighted by atomic mass is 9.99. The molecule has 0 aromatic heterocycles. The smallest absolute Gasteiger partial charge is 0.308 e. The molecule has 7 atom stereocenters. The average molecular weight is 376 g/mol. The summed E-state index contributed by atoms with van der Waals surface area (Å²) in [5.41, 5.74) is 5.95. The number of ether oxygens (including phenoxy) is 1. The fourth-order valence-electron chi connectivity index (χ4n) is 4.69. The molecule has 4 fully saturated rings. The zero-order valence-corrected chi connectivity index (χ0v) is 16.8. The Labute approximate surface area is 162 Å². The average Bonchev–Trinajstić information content (AvgIpc) is 3.54. The minimum Gasteiger partial charge on any atom is -0.466 e. The number of hydrogen-bond donors (Lipinski definition) is 1. The molecule has 0 aromatic carbocycles. The molecular weight excluding hydrogens is 342 g/mol. The third-order valence-electron chi connectivity index (χ3n) is 6.89. The highest BCUT2D eigenvalue weighted by Gasteiger charge is 2.58. The highest BCUT2D eigenvalue weighted by Crippen LogP contribution is 2.54. The van der Waals surface area contributed by atoms with Gasteiger partial charge in [-0.2, -0.15) is 0 Å². The molecule has 0 bridgehead atoms. The second-order valence-electron chi connectivity index (χ2n) is 8.74. The summed E-state index contributed by atoms with van der Waals surface area (Å²) in [6.07, 6.45) is 6.16. The first-order chi connectivity index (χ1) is 12.9. The molecule has 150 valence electrons. The van der Waals surface area contributed by atoms with Gasteiger partial charge in [-0.15, -0.1) is 0 Å². The normalized spacial score (nSPS) is 37.1. The molecule has 27 heavy (non-hydrogen) atoms. The van der Waals surface area contributed by atoms with Crippen LogP contribution >= 0.6 is 0 Å². The molecule has 0 radical (unpaired) electrons. The van der Waals surface area contributed by atoms with E-state index in [9.17, 15) is 9.59 Å². The van der Waals surface area contributed by atoms with Crippen molar-refractivity contribution in [2.75, 3.05) is 6.61 Å². The van der Waals surface area contributed by atoms with E-state index < -0.39 is 6.04 Å². The van der Waals surface area contributed by atoms with E-state index in [2.05, 4.69) is 4.85 Å². The van der Waals surface area contributed by atoms with Crippen molar-refractivity contribution >= 4 is 11.9 Å². The van der Waals surface area contributed by atoms with E-state index in [1.54, 1.807) is 4.90 Å². The molecule has 4 rings (SSSR count). The van der Waals surface area contributed by atoms with Crippen molar-refractivity contribution in [3.05, 3.63) is 11.4 Å². The molecule has 1 aliphatic heterocycles. The van der Waals surface area contributed by atoms with Crippen molar-refractivity contribution in [3.8, 4) is 0 Å². The molecule has 3 aliphatic carbocycles. The Morgan fingerprint density at radius 3 is 2.37 bits per heavy atom. The van der Waals surface area contributed by atoms with E-state index in [1.807, 2.05) is 20.8 Å². The monoisotopic (exact) mass is 375 g/mol. The Balaban J connectivity index is 0.000000166. The van der Waals surface area contributed by atoms with E-state index in [0.29, 0.717) is 18.6 Å². The number of nitrogens with zero attached hydrogens (tertiary/aromatic N) is 2. The van der Waals surface area contributed by atoms with E-state index >= 15 is 0 Å². The zero-order valence-electron chi connectivity index (χ0n) is 16.8. The zero-order chi connectivity index (χ0) is 19.7. The van der Waals surface area contributed by atoms with Crippen LogP contribution in [-0.2, 0) is 14.3 Å². The standard InChI is InChI=1S/C12H19N3O.C9H14O2/c1-4-7(2)11(13)12(16)15-9-5-8(9)6-10(15)14-3;1-2-11-9(10)8-4-6-3-7(6)5-8/h7-11H,4-6,13H2,1-2H3;6-8H,2-5H2,1H3/t7?,8?,9?,10-,11-;/m0./s1. The molecule has 1 saturated heterocycles. The molecule has 6 heteroatoms. The third kappa shape index (κ3) is 4.29. The van der Waals surface area contributed by atoms with Gasteiger partial charge in [0.25, 0.3) is 0 Å². The molecular formula is C21H33N3O3. The maximum atomic E-state index is 12.2. The summed E-state index contributed by atoms with van der Waals surface area (Å²) in [4.78, 5) is 28.7. The predicted octanol–water partition coefficient (Wildman–Crippen LogP) is 2.82. The summed E-state index contributed by atoms with van der Waals surface area (Å²) in [7, 11) is 0. The molecule has 3 saturated carbocycles. The number of piperidine rings is 1. The van der Waals surface area contributed by atoms with Crippen LogP contribution in [0.15, 0.2) is 0 Å². The van der Waals surface area contributed by atoms with Gasteiger partial charge in [0.2, 0.25) is 5.91 Å². The molecule has 4 aliphatic rings. The van der Waals surface area contributed by atoms with Crippen LogP contribution < -0.4 is 5.73 Å². The number of esters is 1. The summed E-state index contributed by atoms with van der Waals surface area (Å²) in [6.45, 7) is 13.6. The van der Waals surface area contributed by atoms with Gasteiger partial charge >= 0.3 is 12.1 Å². The molecule has 6 nitrogen and oxygen atoms in total. The Morgan fingerprint density at radius 1 is 1.15 bits per heavy atom. The fraction of sp³-hybridized carbons (Fsp3) is 0.857. The summed E-state index contributed by atoms with van der Waals surface area (Å²) in [5.74, 6) is 2.80. The minimum absolute atomic E-state index is 0.0136. The highest BCUT2D eigenvalue weighted by molar-refractivity contribution is 5.83. The van der Waals surface area contributed by atoms with Crippen LogP contribution in [0.4, 0.5) is 0 Å². The summed E-state index contributed by atoms with van der Waals surface area (Å²) in [6, 6.07) is -0.115. The maximum absolute atomic E-state index is 12.2. The van der Waals surface area contributed by atoms with Crippen LogP contribution in [-0.4, -0.2) is 41.6 Å². The topological polar surface area (TPSA) is 77.0 Å². The Morgan fingerprint density at radius 2 is 1.81 bits per heavy atom. The SMILES string of the molecule is CCOC(=O)C1CC2CC2C1.[C-]#[N+][C@@H]1CC2CC2N1C(=O)[C@@H](N)C(C)CC. The lowest BCUT2D eigenvalue weighted by Crippen LogP contribution is -2.49. The number of carbonyl (C=O) groups is 2. The van der Waals surface area contributed by atoms with Gasteiger partial charge in [0, 0.05) is 12.5 Å². The lowest BCUT2D eigenvalue weighted by Gasteiger charge is -2.25. The van der Waals surface area contributed by atoms with Crippen molar-refractivity contribution < 1.29 is 14.3 Å². The second kappa shape index (κ2) is 8.18. The number of nitrogens with two attached hydrogens (primary N) is 1. The lowest BCUT2D eigenvalue weighted by molar-refractivity contribution is -0.148. The van der Waals surface area contributed by atoms with Crippen LogP contribution in [0, 0.1) is 36.2 Å². The van der Waals surface area contributed by atoms with Crippen molar-refractivity contribution in [1.82, 2.24) is 4.90 Å². The van der Waals surface area contributed by atoms with Crippen LogP contribution in [0.2, 0.25) is 0 Å². The molecule has 0 aromatic rings. The van der Waals surface area contributed by atoms with Gasteiger partial charge in [0.05, 0.1) is 18.6 Å². The van der Waals surface area contributed by atoms with Crippen molar-refractivity contribution in [2.45, 2.75) is 77.5 Å². The van der Waals surface area contributed by atoms with Gasteiger partial charge in [-0.05, 0) is 56.3 Å². The Bertz CT molecular complexity index is 606. The second-order valence-corrected chi connectivity index (χ2v) is 8.74. The first-order valence-corrected chi connectivity index (χ1v) is 10.5. The van der Waals surface area contributed by atoms with Gasteiger partial charge in [-0.25, -0.2) is 6.57 Å². The first-order valence-electron chi connectivity index (χ1n) is 10.5. The van der Waals surface area contributed by atoms with Crippen LogP contribution in [0.1, 0.15) is 59.3 Å². The molecule has 0 spiro atoms. The van der Waals surface area contributed by atoms with E-state index in [1.165, 1.54) is 6.42 Å². The van der Waals surface area contributed by atoms with E-state index in [0.717, 1.165) is 43.9 Å². The third-order valence-corrected chi connectivity index (χ3v) is 6.89. The summed E-state index contributed by atoms with van der Waals surface area (Å²) < 4.78 is 4.96. The fourth-order valence-corrected chi connectivity index (χ4v) is 4.69. The number of rotatable bonds is 5. The highest BCUT2D eigenvalue weighted by atomic mass is 16.5. The number of fused-ring (bicyclic) bond motifs is 2. The number of carbonyl (C=O) groups excluding carboxylic acids is 2. The molecule has 1 amide bonds. The van der Waals surface area contributed by atoms with Gasteiger partial charge in [0.1, 0.15) is 0 Å². The number of hydrogen-bond acceptors (Lipinski definition) is 4. The Hall–Kier alpha value is -1.61. The van der Waals surface area contributed by atoms with E-state index in [-0.39, 0.29) is 29.9 Å². The molecule has 1 heterocycles. The van der Waals surface area contributed by atoms with Crippen molar-refractivity contribution in [3.63, 3.8) is 0 Å². The number of amides is 1. The molecule has 5 unspecified atom stereocenters. The van der Waals surface area contributed by atoms with Crippen molar-refractivity contribution in [2.24, 2.45) is 35.3 Å². The Kier molecular flexibility index (Phi) is 6.10. The van der Waals surface area contributed by atoms with Crippen LogP contribution in [0.5, 0.6) is 0 Å².